The summed E-state index contributed by atoms with van der Waals surface area (Å²) in [5.74, 6) is -0.0365. The lowest BCUT2D eigenvalue weighted by Gasteiger charge is -2.05. The van der Waals surface area contributed by atoms with Crippen molar-refractivity contribution in [3.8, 4) is 0 Å². The minimum atomic E-state index is -0.0365. The third-order valence-electron chi connectivity index (χ3n) is 2.74. The Morgan fingerprint density at radius 3 is 1.68 bits per heavy atom. The van der Waals surface area contributed by atoms with Crippen molar-refractivity contribution >= 4 is 17.4 Å². The van der Waals surface area contributed by atoms with Crippen LogP contribution < -0.4 is 10.9 Å². The van der Waals surface area contributed by atoms with Gasteiger partial charge in [0.2, 0.25) is 5.96 Å². The van der Waals surface area contributed by atoms with Gasteiger partial charge in [0.25, 0.3) is 0 Å². The molecule has 0 fully saturated rings. The molecule has 3 N–H and O–H groups in total. The number of hydrogen-bond acceptors (Lipinski definition) is 5. The zero-order valence-electron chi connectivity index (χ0n) is 12.4. The summed E-state index contributed by atoms with van der Waals surface area (Å²) < 4.78 is 0. The lowest BCUT2D eigenvalue weighted by molar-refractivity contribution is 0.883. The first-order chi connectivity index (χ1) is 10.7. The number of rotatable bonds is 4. The highest BCUT2D eigenvalue weighted by molar-refractivity contribution is 5.98. The van der Waals surface area contributed by atoms with Gasteiger partial charge in [-0.15, -0.1) is 0 Å². The molecule has 7 nitrogen and oxygen atoms in total. The number of aromatic nitrogens is 2. The predicted octanol–water partition coefficient (Wildman–Crippen LogP) is 1.74. The van der Waals surface area contributed by atoms with E-state index in [1.54, 1.807) is 12.4 Å². The fourth-order valence-corrected chi connectivity index (χ4v) is 1.57. The van der Waals surface area contributed by atoms with E-state index >= 15 is 0 Å². The lowest BCUT2D eigenvalue weighted by atomic mass is 10.3. The minimum Gasteiger partial charge on any atom is -0.266 e. The van der Waals surface area contributed by atoms with E-state index in [0.717, 1.165) is 11.4 Å². The number of pyridine rings is 2. The summed E-state index contributed by atoms with van der Waals surface area (Å²) in [5, 5.41) is 15.9. The standard InChI is InChI=1S/C15H17N7/c1-11(13-7-3-5-9-17-13)19-21-15(16)22-20-12(2)14-8-4-6-10-18-14/h3-10H,1-2H3,(H3,16,21,22)/b19-11+,20-12+. The molecule has 2 aromatic heterocycles. The third-order valence-corrected chi connectivity index (χ3v) is 2.74. The number of nitrogens with zero attached hydrogens (tertiary/aromatic N) is 4. The Morgan fingerprint density at radius 1 is 0.864 bits per heavy atom. The molecule has 22 heavy (non-hydrogen) atoms. The monoisotopic (exact) mass is 295 g/mol. The van der Waals surface area contributed by atoms with Gasteiger partial charge in [-0.1, -0.05) is 12.1 Å². The third kappa shape index (κ3) is 4.48. The highest BCUT2D eigenvalue weighted by Gasteiger charge is 2.00. The van der Waals surface area contributed by atoms with E-state index in [1.165, 1.54) is 0 Å². The Labute approximate surface area is 128 Å². The maximum absolute atomic E-state index is 7.72. The van der Waals surface area contributed by atoms with Crippen LogP contribution in [0.5, 0.6) is 0 Å². The Hall–Kier alpha value is -3.09. The van der Waals surface area contributed by atoms with Crippen molar-refractivity contribution in [3.05, 3.63) is 60.2 Å². The topological polar surface area (TPSA) is 98.4 Å². The van der Waals surface area contributed by atoms with Gasteiger partial charge in [-0.05, 0) is 38.1 Å². The van der Waals surface area contributed by atoms with Gasteiger partial charge in [0.1, 0.15) is 0 Å². The number of guanidine groups is 1. The largest absolute Gasteiger partial charge is 0.266 e. The molecule has 0 spiro atoms. The Bertz CT molecular complexity index is 618. The number of hydrogen-bond donors (Lipinski definition) is 3. The van der Waals surface area contributed by atoms with E-state index in [-0.39, 0.29) is 5.96 Å². The van der Waals surface area contributed by atoms with Crippen molar-refractivity contribution in [3.63, 3.8) is 0 Å². The summed E-state index contributed by atoms with van der Waals surface area (Å²) in [4.78, 5) is 8.35. The van der Waals surface area contributed by atoms with Crippen molar-refractivity contribution in [1.82, 2.24) is 20.8 Å². The maximum atomic E-state index is 7.72. The molecule has 0 radical (unpaired) electrons. The molecule has 0 aliphatic carbocycles. The van der Waals surface area contributed by atoms with E-state index in [1.807, 2.05) is 50.2 Å². The van der Waals surface area contributed by atoms with E-state index < -0.39 is 0 Å². The van der Waals surface area contributed by atoms with Crippen molar-refractivity contribution < 1.29 is 0 Å². The van der Waals surface area contributed by atoms with E-state index in [9.17, 15) is 0 Å². The fourth-order valence-electron chi connectivity index (χ4n) is 1.57. The average molecular weight is 295 g/mol. The van der Waals surface area contributed by atoms with Crippen LogP contribution in [0.1, 0.15) is 25.2 Å². The van der Waals surface area contributed by atoms with Gasteiger partial charge >= 0.3 is 0 Å². The van der Waals surface area contributed by atoms with Gasteiger partial charge in [-0.3, -0.25) is 15.4 Å². The fraction of sp³-hybridized carbons (Fsp3) is 0.133. The van der Waals surface area contributed by atoms with Gasteiger partial charge in [0.15, 0.2) is 0 Å². The average Bonchev–Trinajstić information content (AvgIpc) is 2.59. The van der Waals surface area contributed by atoms with Crippen molar-refractivity contribution in [2.24, 2.45) is 10.2 Å². The van der Waals surface area contributed by atoms with Crippen LogP contribution in [0.25, 0.3) is 0 Å². The summed E-state index contributed by atoms with van der Waals surface area (Å²) in [6, 6.07) is 11.1. The van der Waals surface area contributed by atoms with Crippen molar-refractivity contribution in [2.45, 2.75) is 13.8 Å². The smallest absolute Gasteiger partial charge is 0.230 e. The first-order valence-corrected chi connectivity index (χ1v) is 6.69. The van der Waals surface area contributed by atoms with Gasteiger partial charge in [0.05, 0.1) is 22.8 Å². The molecule has 2 rings (SSSR count). The summed E-state index contributed by atoms with van der Waals surface area (Å²) in [6.07, 6.45) is 3.39. The zero-order valence-corrected chi connectivity index (χ0v) is 12.4. The van der Waals surface area contributed by atoms with Crippen molar-refractivity contribution in [2.75, 3.05) is 0 Å². The Morgan fingerprint density at radius 2 is 1.32 bits per heavy atom. The molecule has 0 atom stereocenters. The summed E-state index contributed by atoms with van der Waals surface area (Å²) in [5.41, 5.74) is 8.01. The van der Waals surface area contributed by atoms with E-state index in [4.69, 9.17) is 5.41 Å². The summed E-state index contributed by atoms with van der Waals surface area (Å²) in [6.45, 7) is 3.62. The Kier molecular flexibility index (Phi) is 5.31. The molecule has 0 amide bonds. The maximum Gasteiger partial charge on any atom is 0.230 e. The molecule has 0 saturated carbocycles. The molecule has 0 aliphatic heterocycles. The molecule has 0 bridgehead atoms. The first kappa shape index (κ1) is 15.3. The van der Waals surface area contributed by atoms with E-state index in [2.05, 4.69) is 31.0 Å². The van der Waals surface area contributed by atoms with E-state index in [0.29, 0.717) is 11.4 Å². The van der Waals surface area contributed by atoms with Crippen LogP contribution in [0.2, 0.25) is 0 Å². The Balaban J connectivity index is 1.91. The molecule has 2 heterocycles. The zero-order chi connectivity index (χ0) is 15.8. The highest BCUT2D eigenvalue weighted by Crippen LogP contribution is 1.96. The van der Waals surface area contributed by atoms with Crippen molar-refractivity contribution in [1.29, 1.82) is 5.41 Å². The highest BCUT2D eigenvalue weighted by atomic mass is 15.5. The molecule has 0 aromatic carbocycles. The number of nitrogens with one attached hydrogen (secondary N) is 3. The lowest BCUT2D eigenvalue weighted by Crippen LogP contribution is -2.31. The SMILES string of the molecule is C/C(=N\NC(=N)N/N=C(\C)c1ccccn1)c1ccccn1. The molecule has 112 valence electrons. The quantitative estimate of drug-likeness (QED) is 0.454. The molecule has 2 aromatic rings. The second-order valence-corrected chi connectivity index (χ2v) is 4.42. The minimum absolute atomic E-state index is 0.0365. The van der Waals surface area contributed by atoms with Crippen LogP contribution in [0, 0.1) is 5.41 Å². The van der Waals surface area contributed by atoms with Gasteiger partial charge in [-0.2, -0.15) is 10.2 Å². The number of hydrazone groups is 2. The van der Waals surface area contributed by atoms with Crippen LogP contribution in [0.15, 0.2) is 59.0 Å². The summed E-state index contributed by atoms with van der Waals surface area (Å²) >= 11 is 0. The molecular formula is C15H17N7. The van der Waals surface area contributed by atoms with Crippen LogP contribution in [0.4, 0.5) is 0 Å². The van der Waals surface area contributed by atoms with Gasteiger partial charge in [-0.25, -0.2) is 10.9 Å². The summed E-state index contributed by atoms with van der Waals surface area (Å²) in [7, 11) is 0. The molecular weight excluding hydrogens is 278 g/mol. The first-order valence-electron chi connectivity index (χ1n) is 6.69. The van der Waals surface area contributed by atoms with Crippen LogP contribution >= 0.6 is 0 Å². The van der Waals surface area contributed by atoms with Crippen LogP contribution in [-0.4, -0.2) is 27.4 Å². The van der Waals surface area contributed by atoms with Gasteiger partial charge < -0.3 is 0 Å². The normalized spacial score (nSPS) is 11.9. The second-order valence-electron chi connectivity index (χ2n) is 4.42. The molecule has 0 unspecified atom stereocenters. The van der Waals surface area contributed by atoms with Crippen LogP contribution in [0.3, 0.4) is 0 Å². The molecule has 7 heteroatoms. The second kappa shape index (κ2) is 7.63. The molecule has 0 aliphatic rings. The van der Waals surface area contributed by atoms with Gasteiger partial charge in [0, 0.05) is 12.4 Å². The van der Waals surface area contributed by atoms with Crippen LogP contribution in [-0.2, 0) is 0 Å². The predicted molar refractivity (Wildman–Crippen MR) is 86.9 cm³/mol. The molecule has 0 saturated heterocycles.